The molecule has 0 aliphatic carbocycles. The first-order valence-electron chi connectivity index (χ1n) is 4.62. The largest absolute Gasteiger partial charge is 0.383 e. The van der Waals surface area contributed by atoms with Gasteiger partial charge >= 0.3 is 0 Å². The van der Waals surface area contributed by atoms with Crippen LogP contribution in [0.25, 0.3) is 0 Å². The molecule has 0 bridgehead atoms. The molecule has 0 aliphatic rings. The third-order valence-electron chi connectivity index (χ3n) is 1.77. The Balaban J connectivity index is 2.46. The molecule has 1 aromatic carbocycles. The molecule has 0 aromatic heterocycles. The highest BCUT2D eigenvalue weighted by molar-refractivity contribution is 9.10. The van der Waals surface area contributed by atoms with E-state index in [1.54, 1.807) is 13.2 Å². The molecule has 0 saturated carbocycles. The smallest absolute Gasteiger partial charge is 0.170 e. The number of anilines is 1. The number of hydrogen-bond acceptors (Lipinski definition) is 2. The fraction of sp³-hybridized carbons (Fsp3) is 0.300. The van der Waals surface area contributed by atoms with Gasteiger partial charge in [0.25, 0.3) is 0 Å². The molecular weight excluding hydrogens is 312 g/mol. The van der Waals surface area contributed by atoms with Gasteiger partial charge in [0.2, 0.25) is 0 Å². The maximum atomic E-state index is 5.95. The molecule has 0 amide bonds. The van der Waals surface area contributed by atoms with E-state index in [4.69, 9.17) is 28.6 Å². The van der Waals surface area contributed by atoms with Crippen LogP contribution in [0.3, 0.4) is 0 Å². The summed E-state index contributed by atoms with van der Waals surface area (Å²) in [6.07, 6.45) is 0. The lowest BCUT2D eigenvalue weighted by atomic mass is 10.3. The number of methoxy groups -OCH3 is 1. The van der Waals surface area contributed by atoms with Gasteiger partial charge < -0.3 is 15.4 Å². The van der Waals surface area contributed by atoms with Crippen LogP contribution in [0.1, 0.15) is 0 Å². The zero-order valence-electron chi connectivity index (χ0n) is 8.72. The van der Waals surface area contributed by atoms with Gasteiger partial charge in [-0.2, -0.15) is 0 Å². The van der Waals surface area contributed by atoms with Crippen molar-refractivity contribution in [3.05, 3.63) is 27.7 Å². The Labute approximate surface area is 114 Å². The van der Waals surface area contributed by atoms with Crippen LogP contribution < -0.4 is 10.6 Å². The molecule has 16 heavy (non-hydrogen) atoms. The van der Waals surface area contributed by atoms with Crippen LogP contribution in [-0.2, 0) is 4.74 Å². The van der Waals surface area contributed by atoms with E-state index in [2.05, 4.69) is 26.6 Å². The number of ether oxygens (including phenoxy) is 1. The summed E-state index contributed by atoms with van der Waals surface area (Å²) < 4.78 is 5.76. The molecule has 0 aliphatic heterocycles. The van der Waals surface area contributed by atoms with Crippen LogP contribution in [0.5, 0.6) is 0 Å². The second kappa shape index (κ2) is 7.06. The molecule has 0 heterocycles. The Kier molecular flexibility index (Phi) is 6.05. The SMILES string of the molecule is COCCNC(=S)Nc1ccc(Br)c(Cl)c1. The molecule has 2 N–H and O–H groups in total. The van der Waals surface area contributed by atoms with Crippen molar-refractivity contribution in [2.24, 2.45) is 0 Å². The third kappa shape index (κ3) is 4.65. The highest BCUT2D eigenvalue weighted by atomic mass is 79.9. The molecule has 0 unspecified atom stereocenters. The second-order valence-electron chi connectivity index (χ2n) is 3.00. The van der Waals surface area contributed by atoms with E-state index in [-0.39, 0.29) is 0 Å². The fourth-order valence-corrected chi connectivity index (χ4v) is 1.66. The predicted octanol–water partition coefficient (Wildman–Crippen LogP) is 3.04. The van der Waals surface area contributed by atoms with Gasteiger partial charge in [-0.15, -0.1) is 0 Å². The summed E-state index contributed by atoms with van der Waals surface area (Å²) in [4.78, 5) is 0. The summed E-state index contributed by atoms with van der Waals surface area (Å²) in [5, 5.41) is 7.23. The molecule has 0 saturated heterocycles. The van der Waals surface area contributed by atoms with Gasteiger partial charge in [-0.25, -0.2) is 0 Å². The Bertz CT molecular complexity index is 376. The zero-order valence-corrected chi connectivity index (χ0v) is 11.9. The van der Waals surface area contributed by atoms with Crippen molar-refractivity contribution in [1.29, 1.82) is 0 Å². The molecule has 6 heteroatoms. The molecule has 0 atom stereocenters. The summed E-state index contributed by atoms with van der Waals surface area (Å²) in [5.41, 5.74) is 0.850. The first kappa shape index (κ1) is 13.7. The van der Waals surface area contributed by atoms with Crippen molar-refractivity contribution in [1.82, 2.24) is 5.32 Å². The minimum absolute atomic E-state index is 0.551. The topological polar surface area (TPSA) is 33.3 Å². The molecule has 88 valence electrons. The molecule has 1 aromatic rings. The zero-order chi connectivity index (χ0) is 12.0. The number of hydrogen-bond donors (Lipinski definition) is 2. The van der Waals surface area contributed by atoms with Gasteiger partial charge in [-0.1, -0.05) is 11.6 Å². The standard InChI is InChI=1S/C10H12BrClN2OS/c1-15-5-4-13-10(16)14-7-2-3-8(11)9(12)6-7/h2-3,6H,4-5H2,1H3,(H2,13,14,16). The van der Waals surface area contributed by atoms with Gasteiger partial charge in [0.05, 0.1) is 11.6 Å². The van der Waals surface area contributed by atoms with Crippen molar-refractivity contribution in [3.63, 3.8) is 0 Å². The second-order valence-corrected chi connectivity index (χ2v) is 4.67. The first-order valence-corrected chi connectivity index (χ1v) is 6.20. The van der Waals surface area contributed by atoms with E-state index < -0.39 is 0 Å². The summed E-state index contributed by atoms with van der Waals surface area (Å²) >= 11 is 14.4. The molecule has 0 fully saturated rings. The van der Waals surface area contributed by atoms with Crippen molar-refractivity contribution in [2.45, 2.75) is 0 Å². The van der Waals surface area contributed by atoms with Gasteiger partial charge in [-0.3, -0.25) is 0 Å². The van der Waals surface area contributed by atoms with Crippen LogP contribution in [0, 0.1) is 0 Å². The van der Waals surface area contributed by atoms with E-state index >= 15 is 0 Å². The lowest BCUT2D eigenvalue weighted by molar-refractivity contribution is 0.204. The van der Waals surface area contributed by atoms with Gasteiger partial charge in [0.15, 0.2) is 5.11 Å². The number of benzene rings is 1. The Morgan fingerprint density at radius 2 is 2.31 bits per heavy atom. The molecule has 0 spiro atoms. The Hall–Kier alpha value is -0.360. The minimum Gasteiger partial charge on any atom is -0.383 e. The predicted molar refractivity (Wildman–Crippen MR) is 75.3 cm³/mol. The van der Waals surface area contributed by atoms with Gasteiger partial charge in [-0.05, 0) is 46.3 Å². The first-order chi connectivity index (χ1) is 7.63. The van der Waals surface area contributed by atoms with E-state index in [1.807, 2.05) is 12.1 Å². The summed E-state index contributed by atoms with van der Waals surface area (Å²) in [7, 11) is 1.65. The number of halogens is 2. The molecule has 3 nitrogen and oxygen atoms in total. The monoisotopic (exact) mass is 322 g/mol. The maximum absolute atomic E-state index is 5.95. The summed E-state index contributed by atoms with van der Waals surface area (Å²) in [5.74, 6) is 0. The highest BCUT2D eigenvalue weighted by Gasteiger charge is 2.00. The van der Waals surface area contributed by atoms with Crippen LogP contribution in [0.15, 0.2) is 22.7 Å². The Morgan fingerprint density at radius 1 is 1.56 bits per heavy atom. The normalized spacial score (nSPS) is 9.94. The third-order valence-corrected chi connectivity index (χ3v) is 3.25. The number of nitrogens with one attached hydrogen (secondary N) is 2. The highest BCUT2D eigenvalue weighted by Crippen LogP contribution is 2.25. The average Bonchev–Trinajstić information content (AvgIpc) is 2.24. The lowest BCUT2D eigenvalue weighted by Crippen LogP contribution is -2.31. The van der Waals surface area contributed by atoms with Crippen LogP contribution in [0.2, 0.25) is 5.02 Å². The quantitative estimate of drug-likeness (QED) is 0.659. The summed E-state index contributed by atoms with van der Waals surface area (Å²) in [6, 6.07) is 5.55. The van der Waals surface area contributed by atoms with E-state index in [0.717, 1.165) is 10.2 Å². The minimum atomic E-state index is 0.551. The van der Waals surface area contributed by atoms with Crippen molar-refractivity contribution >= 4 is 50.5 Å². The Morgan fingerprint density at radius 3 is 2.94 bits per heavy atom. The van der Waals surface area contributed by atoms with Crippen molar-refractivity contribution in [2.75, 3.05) is 25.6 Å². The van der Waals surface area contributed by atoms with Crippen LogP contribution >= 0.6 is 39.7 Å². The van der Waals surface area contributed by atoms with E-state index in [0.29, 0.717) is 23.3 Å². The molecule has 1 rings (SSSR count). The van der Waals surface area contributed by atoms with Gasteiger partial charge in [0.1, 0.15) is 0 Å². The average molecular weight is 324 g/mol. The van der Waals surface area contributed by atoms with Crippen molar-refractivity contribution in [3.8, 4) is 0 Å². The lowest BCUT2D eigenvalue weighted by Gasteiger charge is -2.10. The number of thiocarbonyl (C=S) groups is 1. The molecule has 0 radical (unpaired) electrons. The van der Waals surface area contributed by atoms with Crippen LogP contribution in [0.4, 0.5) is 5.69 Å². The van der Waals surface area contributed by atoms with Crippen molar-refractivity contribution < 1.29 is 4.74 Å². The van der Waals surface area contributed by atoms with Crippen LogP contribution in [-0.4, -0.2) is 25.4 Å². The maximum Gasteiger partial charge on any atom is 0.170 e. The fourth-order valence-electron chi connectivity index (χ4n) is 1.02. The molecular formula is C10H12BrClN2OS. The van der Waals surface area contributed by atoms with E-state index in [9.17, 15) is 0 Å². The van der Waals surface area contributed by atoms with Gasteiger partial charge in [0, 0.05) is 23.8 Å². The summed E-state index contributed by atoms with van der Waals surface area (Å²) in [6.45, 7) is 1.29. The van der Waals surface area contributed by atoms with E-state index in [1.165, 1.54) is 0 Å². The number of rotatable bonds is 4.